The topological polar surface area (TPSA) is 18.5 Å². The lowest BCUT2D eigenvalue weighted by molar-refractivity contribution is 0.378. The van der Waals surface area contributed by atoms with Gasteiger partial charge in [-0.25, -0.2) is 0 Å². The molecule has 12 heavy (non-hydrogen) atoms. The summed E-state index contributed by atoms with van der Waals surface area (Å²) in [4.78, 5) is 0. The lowest BCUT2D eigenvalue weighted by Gasteiger charge is -2.05. The molecule has 0 spiro atoms. The first-order chi connectivity index (χ1) is 5.88. The molecule has 0 aliphatic carbocycles. The van der Waals surface area contributed by atoms with Crippen LogP contribution < -0.4 is 9.47 Å². The second-order valence-electron chi connectivity index (χ2n) is 2.24. The molecule has 0 saturated carbocycles. The number of hydrogen-bond donors (Lipinski definition) is 0. The van der Waals surface area contributed by atoms with E-state index in [1.54, 1.807) is 13.4 Å². The van der Waals surface area contributed by atoms with Crippen LogP contribution in [0.3, 0.4) is 0 Å². The third-order valence-corrected chi connectivity index (χ3v) is 1.40. The quantitative estimate of drug-likeness (QED) is 0.639. The van der Waals surface area contributed by atoms with Crippen molar-refractivity contribution in [1.29, 1.82) is 0 Å². The average molecular weight is 164 g/mol. The van der Waals surface area contributed by atoms with Crippen LogP contribution in [-0.2, 0) is 0 Å². The Balaban J connectivity index is 2.81. The summed E-state index contributed by atoms with van der Waals surface area (Å²) < 4.78 is 10.4. The molecule has 1 aromatic rings. The number of ether oxygens (including phenoxy) is 2. The van der Waals surface area contributed by atoms with E-state index >= 15 is 0 Å². The molecule has 0 bridgehead atoms. The van der Waals surface area contributed by atoms with Gasteiger partial charge in [0.25, 0.3) is 0 Å². The first-order valence-corrected chi connectivity index (χ1v) is 3.79. The minimum atomic E-state index is 0.734. The molecular weight excluding hydrogens is 152 g/mol. The number of methoxy groups -OCH3 is 1. The van der Waals surface area contributed by atoms with Gasteiger partial charge in [0.15, 0.2) is 11.5 Å². The normalized spacial score (nSPS) is 10.2. The smallest absolute Gasteiger partial charge is 0.168 e. The van der Waals surface area contributed by atoms with E-state index in [0.717, 1.165) is 11.5 Å². The minimum Gasteiger partial charge on any atom is -0.493 e. The molecule has 0 heterocycles. The highest BCUT2D eigenvalue weighted by Crippen LogP contribution is 2.25. The molecule has 0 atom stereocenters. The van der Waals surface area contributed by atoms with Gasteiger partial charge in [0.1, 0.15) is 0 Å². The first kappa shape index (κ1) is 8.65. The Kier molecular flexibility index (Phi) is 3.20. The van der Waals surface area contributed by atoms with Crippen molar-refractivity contribution in [2.45, 2.75) is 6.92 Å². The van der Waals surface area contributed by atoms with Crippen molar-refractivity contribution in [2.75, 3.05) is 7.11 Å². The fourth-order valence-electron chi connectivity index (χ4n) is 0.858. The molecular formula is C10H12O2. The van der Waals surface area contributed by atoms with E-state index in [1.165, 1.54) is 0 Å². The summed E-state index contributed by atoms with van der Waals surface area (Å²) in [6.45, 7) is 1.90. The molecule has 0 aliphatic heterocycles. The Labute approximate surface area is 72.4 Å². The van der Waals surface area contributed by atoms with E-state index in [1.807, 2.05) is 37.3 Å². The van der Waals surface area contributed by atoms with Crippen LogP contribution in [0.15, 0.2) is 36.6 Å². The largest absolute Gasteiger partial charge is 0.493 e. The number of para-hydroxylation sites is 2. The van der Waals surface area contributed by atoms with Crippen molar-refractivity contribution >= 4 is 0 Å². The molecule has 0 unspecified atom stereocenters. The Bertz CT molecular complexity index is 266. The Hall–Kier alpha value is -1.44. The molecule has 0 amide bonds. The van der Waals surface area contributed by atoms with E-state index < -0.39 is 0 Å². The van der Waals surface area contributed by atoms with E-state index in [-0.39, 0.29) is 0 Å². The zero-order chi connectivity index (χ0) is 8.81. The van der Waals surface area contributed by atoms with Crippen LogP contribution in [0.2, 0.25) is 0 Å². The third-order valence-electron chi connectivity index (χ3n) is 1.40. The van der Waals surface area contributed by atoms with Gasteiger partial charge >= 0.3 is 0 Å². The van der Waals surface area contributed by atoms with Gasteiger partial charge < -0.3 is 9.47 Å². The van der Waals surface area contributed by atoms with Crippen LogP contribution in [-0.4, -0.2) is 7.11 Å². The SMILES string of the molecule is C/C=C\Oc1ccccc1OC. The standard InChI is InChI=1S/C10H12O2/c1-3-8-12-10-7-5-4-6-9(10)11-2/h3-8H,1-2H3/b8-3-. The summed E-state index contributed by atoms with van der Waals surface area (Å²) in [7, 11) is 1.62. The lowest BCUT2D eigenvalue weighted by Crippen LogP contribution is -1.88. The van der Waals surface area contributed by atoms with Gasteiger partial charge in [0.05, 0.1) is 13.4 Å². The van der Waals surface area contributed by atoms with Crippen LogP contribution in [0.1, 0.15) is 6.92 Å². The summed E-state index contributed by atoms with van der Waals surface area (Å²) in [5.74, 6) is 1.48. The van der Waals surface area contributed by atoms with Crippen LogP contribution in [0.5, 0.6) is 11.5 Å². The molecule has 0 radical (unpaired) electrons. The number of hydrogen-bond acceptors (Lipinski definition) is 2. The van der Waals surface area contributed by atoms with Crippen LogP contribution in [0, 0.1) is 0 Å². The maximum absolute atomic E-state index is 5.27. The highest BCUT2D eigenvalue weighted by molar-refractivity contribution is 5.39. The molecule has 0 N–H and O–H groups in total. The summed E-state index contributed by atoms with van der Waals surface area (Å²) in [6, 6.07) is 7.53. The zero-order valence-electron chi connectivity index (χ0n) is 7.28. The molecule has 1 rings (SSSR count). The molecule has 2 nitrogen and oxygen atoms in total. The van der Waals surface area contributed by atoms with Gasteiger partial charge in [0, 0.05) is 0 Å². The van der Waals surface area contributed by atoms with E-state index in [2.05, 4.69) is 0 Å². The van der Waals surface area contributed by atoms with Gasteiger partial charge in [-0.05, 0) is 19.1 Å². The summed E-state index contributed by atoms with van der Waals surface area (Å²) in [5.41, 5.74) is 0. The van der Waals surface area contributed by atoms with E-state index in [0.29, 0.717) is 0 Å². The van der Waals surface area contributed by atoms with Crippen LogP contribution >= 0.6 is 0 Å². The summed E-state index contributed by atoms with van der Waals surface area (Å²) in [5, 5.41) is 0. The van der Waals surface area contributed by atoms with Gasteiger partial charge in [-0.2, -0.15) is 0 Å². The molecule has 0 aromatic heterocycles. The predicted octanol–water partition coefficient (Wildman–Crippen LogP) is 2.61. The fraction of sp³-hybridized carbons (Fsp3) is 0.200. The number of allylic oxidation sites excluding steroid dienone is 1. The lowest BCUT2D eigenvalue weighted by atomic mass is 10.3. The molecule has 2 heteroatoms. The van der Waals surface area contributed by atoms with Gasteiger partial charge in [0.2, 0.25) is 0 Å². The Morgan fingerprint density at radius 1 is 1.17 bits per heavy atom. The molecule has 1 aromatic carbocycles. The van der Waals surface area contributed by atoms with E-state index in [9.17, 15) is 0 Å². The third kappa shape index (κ3) is 2.02. The van der Waals surface area contributed by atoms with Crippen molar-refractivity contribution in [1.82, 2.24) is 0 Å². The van der Waals surface area contributed by atoms with Crippen LogP contribution in [0.25, 0.3) is 0 Å². The van der Waals surface area contributed by atoms with Gasteiger partial charge in [-0.3, -0.25) is 0 Å². The molecule has 0 saturated heterocycles. The fourth-order valence-corrected chi connectivity index (χ4v) is 0.858. The van der Waals surface area contributed by atoms with Crippen molar-refractivity contribution in [3.8, 4) is 11.5 Å². The molecule has 0 aliphatic rings. The predicted molar refractivity (Wildman–Crippen MR) is 48.4 cm³/mol. The Morgan fingerprint density at radius 3 is 2.42 bits per heavy atom. The maximum atomic E-state index is 5.27. The van der Waals surface area contributed by atoms with Crippen molar-refractivity contribution in [3.63, 3.8) is 0 Å². The highest BCUT2D eigenvalue weighted by Gasteiger charge is 1.98. The number of benzene rings is 1. The highest BCUT2D eigenvalue weighted by atomic mass is 16.5. The first-order valence-electron chi connectivity index (χ1n) is 3.79. The second-order valence-corrected chi connectivity index (χ2v) is 2.24. The summed E-state index contributed by atoms with van der Waals surface area (Å²) in [6.07, 6.45) is 3.45. The Morgan fingerprint density at radius 2 is 1.83 bits per heavy atom. The minimum absolute atomic E-state index is 0.734. The molecule has 0 fully saturated rings. The van der Waals surface area contributed by atoms with E-state index in [4.69, 9.17) is 9.47 Å². The van der Waals surface area contributed by atoms with Gasteiger partial charge in [-0.1, -0.05) is 18.2 Å². The summed E-state index contributed by atoms with van der Waals surface area (Å²) >= 11 is 0. The van der Waals surface area contributed by atoms with Gasteiger partial charge in [-0.15, -0.1) is 0 Å². The van der Waals surface area contributed by atoms with Crippen molar-refractivity contribution in [3.05, 3.63) is 36.6 Å². The average Bonchev–Trinajstić information content (AvgIpc) is 2.15. The van der Waals surface area contributed by atoms with Crippen LogP contribution in [0.4, 0.5) is 0 Å². The molecule has 64 valence electrons. The zero-order valence-corrected chi connectivity index (χ0v) is 7.28. The van der Waals surface area contributed by atoms with Crippen molar-refractivity contribution < 1.29 is 9.47 Å². The number of rotatable bonds is 3. The maximum Gasteiger partial charge on any atom is 0.168 e. The second kappa shape index (κ2) is 4.44. The van der Waals surface area contributed by atoms with Crippen molar-refractivity contribution in [2.24, 2.45) is 0 Å². The monoisotopic (exact) mass is 164 g/mol.